The quantitative estimate of drug-likeness (QED) is 0.623. The number of nitrogens with one attached hydrogen (secondary N) is 1. The first kappa shape index (κ1) is 17.0. The molecule has 130 valence electrons. The van der Waals surface area contributed by atoms with Crippen molar-refractivity contribution in [3.63, 3.8) is 0 Å². The van der Waals surface area contributed by atoms with Gasteiger partial charge >= 0.3 is 0 Å². The number of thiazole rings is 1. The van der Waals surface area contributed by atoms with Crippen LogP contribution in [0.2, 0.25) is 5.02 Å². The van der Waals surface area contributed by atoms with Crippen LogP contribution in [0.1, 0.15) is 23.0 Å². The third-order valence-electron chi connectivity index (χ3n) is 4.07. The molecule has 3 heterocycles. The van der Waals surface area contributed by atoms with Crippen molar-refractivity contribution >= 4 is 44.0 Å². The number of hydrogen-bond donors (Lipinski definition) is 1. The molecule has 0 spiro atoms. The van der Waals surface area contributed by atoms with Crippen LogP contribution in [-0.2, 0) is 11.3 Å². The number of rotatable bonds is 5. The van der Waals surface area contributed by atoms with E-state index in [0.29, 0.717) is 6.54 Å². The Balaban J connectivity index is 1.43. The summed E-state index contributed by atoms with van der Waals surface area (Å²) in [6.45, 7) is 1.46. The first-order valence-electron chi connectivity index (χ1n) is 7.93. The van der Waals surface area contributed by atoms with Gasteiger partial charge in [-0.2, -0.15) is 5.10 Å². The van der Waals surface area contributed by atoms with E-state index in [1.54, 1.807) is 17.5 Å². The summed E-state index contributed by atoms with van der Waals surface area (Å²) in [7, 11) is 0. The SMILES string of the molecule is Clc1ccc(C2OCCC2Nc2ncc(Cn3cc(Br)cn3)s2)cc1. The molecule has 3 aromatic rings. The second-order valence-electron chi connectivity index (χ2n) is 5.87. The first-order chi connectivity index (χ1) is 12.2. The predicted molar refractivity (Wildman–Crippen MR) is 103 cm³/mol. The summed E-state index contributed by atoms with van der Waals surface area (Å²) in [6, 6.07) is 8.06. The molecule has 2 atom stereocenters. The number of halogens is 2. The summed E-state index contributed by atoms with van der Waals surface area (Å²) in [6.07, 6.45) is 6.61. The minimum absolute atomic E-state index is 0.0201. The van der Waals surface area contributed by atoms with Crippen molar-refractivity contribution in [3.05, 3.63) is 62.8 Å². The van der Waals surface area contributed by atoms with Crippen molar-refractivity contribution in [2.24, 2.45) is 0 Å². The van der Waals surface area contributed by atoms with E-state index in [0.717, 1.165) is 38.1 Å². The molecule has 0 amide bonds. The van der Waals surface area contributed by atoms with Crippen LogP contribution < -0.4 is 5.32 Å². The third kappa shape index (κ3) is 4.06. The molecular formula is C17H16BrClN4OS. The average molecular weight is 440 g/mol. The Bertz CT molecular complexity index is 850. The van der Waals surface area contributed by atoms with Crippen LogP contribution in [-0.4, -0.2) is 27.4 Å². The molecule has 1 aliphatic heterocycles. The van der Waals surface area contributed by atoms with E-state index in [9.17, 15) is 0 Å². The van der Waals surface area contributed by atoms with Gasteiger partial charge in [-0.15, -0.1) is 11.3 Å². The molecule has 0 saturated carbocycles. The molecule has 0 radical (unpaired) electrons. The van der Waals surface area contributed by atoms with Crippen molar-refractivity contribution < 1.29 is 4.74 Å². The lowest BCUT2D eigenvalue weighted by molar-refractivity contribution is 0.107. The molecule has 0 aliphatic carbocycles. The van der Waals surface area contributed by atoms with E-state index >= 15 is 0 Å². The van der Waals surface area contributed by atoms with Crippen LogP contribution in [0.25, 0.3) is 0 Å². The van der Waals surface area contributed by atoms with Crippen LogP contribution in [0, 0.1) is 0 Å². The monoisotopic (exact) mass is 438 g/mol. The summed E-state index contributed by atoms with van der Waals surface area (Å²) < 4.78 is 8.78. The second kappa shape index (κ2) is 7.45. The topological polar surface area (TPSA) is 52.0 Å². The Morgan fingerprint density at radius 2 is 2.16 bits per heavy atom. The Hall–Kier alpha value is -1.41. The molecule has 0 bridgehead atoms. The highest BCUT2D eigenvalue weighted by atomic mass is 79.9. The van der Waals surface area contributed by atoms with E-state index in [2.05, 4.69) is 31.3 Å². The van der Waals surface area contributed by atoms with Crippen LogP contribution in [0.4, 0.5) is 5.13 Å². The predicted octanol–water partition coefficient (Wildman–Crippen LogP) is 4.75. The maximum Gasteiger partial charge on any atom is 0.183 e. The number of ether oxygens (including phenoxy) is 1. The molecule has 25 heavy (non-hydrogen) atoms. The first-order valence-corrected chi connectivity index (χ1v) is 9.92. The molecule has 1 N–H and O–H groups in total. The standard InChI is InChI=1S/C17H16BrClN4OS/c18-12-7-21-23(9-12)10-14-8-20-17(25-14)22-15-5-6-24-16(15)11-1-3-13(19)4-2-11/h1-4,7-9,15-16H,5-6,10H2,(H,20,22). The van der Waals surface area contributed by atoms with Crippen LogP contribution in [0.15, 0.2) is 47.3 Å². The van der Waals surface area contributed by atoms with Crippen LogP contribution in [0.3, 0.4) is 0 Å². The van der Waals surface area contributed by atoms with Gasteiger partial charge < -0.3 is 10.1 Å². The number of anilines is 1. The highest BCUT2D eigenvalue weighted by Crippen LogP contribution is 2.33. The van der Waals surface area contributed by atoms with E-state index in [-0.39, 0.29) is 12.1 Å². The molecule has 1 aliphatic rings. The fourth-order valence-corrected chi connectivity index (χ4v) is 4.23. The summed E-state index contributed by atoms with van der Waals surface area (Å²) in [4.78, 5) is 5.66. The van der Waals surface area contributed by atoms with Gasteiger partial charge in [-0.25, -0.2) is 4.98 Å². The van der Waals surface area contributed by atoms with Gasteiger partial charge in [0, 0.05) is 28.9 Å². The van der Waals surface area contributed by atoms with Crippen molar-refractivity contribution in [2.75, 3.05) is 11.9 Å². The maximum atomic E-state index is 5.98. The van der Waals surface area contributed by atoms with Crippen molar-refractivity contribution in [3.8, 4) is 0 Å². The Morgan fingerprint density at radius 3 is 2.92 bits per heavy atom. The van der Waals surface area contributed by atoms with Crippen molar-refractivity contribution in [1.82, 2.24) is 14.8 Å². The number of aromatic nitrogens is 3. The molecule has 2 aromatic heterocycles. The van der Waals surface area contributed by atoms with E-state index in [1.165, 1.54) is 0 Å². The highest BCUT2D eigenvalue weighted by Gasteiger charge is 2.30. The largest absolute Gasteiger partial charge is 0.371 e. The smallest absolute Gasteiger partial charge is 0.183 e. The summed E-state index contributed by atoms with van der Waals surface area (Å²) >= 11 is 11.0. The second-order valence-corrected chi connectivity index (χ2v) is 8.34. The Morgan fingerprint density at radius 1 is 1.32 bits per heavy atom. The molecule has 1 saturated heterocycles. The molecule has 5 nitrogen and oxygen atoms in total. The molecule has 8 heteroatoms. The van der Waals surface area contributed by atoms with Gasteiger partial charge in [-0.1, -0.05) is 23.7 Å². The lowest BCUT2D eigenvalue weighted by Gasteiger charge is -2.19. The zero-order chi connectivity index (χ0) is 17.2. The van der Waals surface area contributed by atoms with E-state index in [1.807, 2.05) is 41.3 Å². The van der Waals surface area contributed by atoms with Gasteiger partial charge in [0.25, 0.3) is 0 Å². The number of hydrogen-bond acceptors (Lipinski definition) is 5. The maximum absolute atomic E-state index is 5.98. The van der Waals surface area contributed by atoms with Crippen LogP contribution >= 0.6 is 38.9 Å². The molecule has 1 fully saturated rings. The minimum Gasteiger partial charge on any atom is -0.371 e. The Labute approximate surface area is 163 Å². The highest BCUT2D eigenvalue weighted by molar-refractivity contribution is 9.10. The van der Waals surface area contributed by atoms with E-state index < -0.39 is 0 Å². The minimum atomic E-state index is 0.0201. The Kier molecular flexibility index (Phi) is 5.08. The molecule has 1 aromatic carbocycles. The van der Waals surface area contributed by atoms with Gasteiger partial charge in [0.15, 0.2) is 5.13 Å². The fourth-order valence-electron chi connectivity index (χ4n) is 2.91. The molecule has 4 rings (SSSR count). The lowest BCUT2D eigenvalue weighted by Crippen LogP contribution is -2.23. The van der Waals surface area contributed by atoms with Crippen molar-refractivity contribution in [2.45, 2.75) is 25.1 Å². The number of nitrogens with zero attached hydrogens (tertiary/aromatic N) is 3. The zero-order valence-corrected chi connectivity index (χ0v) is 16.4. The lowest BCUT2D eigenvalue weighted by atomic mass is 10.0. The average Bonchev–Trinajstić information content (AvgIpc) is 3.32. The van der Waals surface area contributed by atoms with Crippen molar-refractivity contribution in [1.29, 1.82) is 0 Å². The van der Waals surface area contributed by atoms with Gasteiger partial charge in [-0.05, 0) is 40.0 Å². The van der Waals surface area contributed by atoms with Gasteiger partial charge in [-0.3, -0.25) is 4.68 Å². The van der Waals surface area contributed by atoms with Gasteiger partial charge in [0.1, 0.15) is 6.10 Å². The van der Waals surface area contributed by atoms with Crippen LogP contribution in [0.5, 0.6) is 0 Å². The summed E-state index contributed by atoms with van der Waals surface area (Å²) in [5, 5.41) is 9.46. The normalized spacial score (nSPS) is 20.1. The third-order valence-corrected chi connectivity index (χ3v) is 5.65. The fraction of sp³-hybridized carbons (Fsp3) is 0.294. The zero-order valence-electron chi connectivity index (χ0n) is 13.2. The van der Waals surface area contributed by atoms with E-state index in [4.69, 9.17) is 16.3 Å². The summed E-state index contributed by atoms with van der Waals surface area (Å²) in [5.74, 6) is 0. The molecule has 2 unspecified atom stereocenters. The number of benzene rings is 1. The molecular weight excluding hydrogens is 424 g/mol. The van der Waals surface area contributed by atoms with Gasteiger partial charge in [0.2, 0.25) is 0 Å². The summed E-state index contributed by atoms with van der Waals surface area (Å²) in [5.41, 5.74) is 1.14. The van der Waals surface area contributed by atoms with Gasteiger partial charge in [0.05, 0.1) is 23.3 Å².